The highest BCUT2D eigenvalue weighted by atomic mass is 35.5. The second-order valence-electron chi connectivity index (χ2n) is 5.20. The summed E-state index contributed by atoms with van der Waals surface area (Å²) in [7, 11) is 0. The number of para-hydroxylation sites is 1. The van der Waals surface area contributed by atoms with Crippen molar-refractivity contribution in [1.82, 2.24) is 14.5 Å². The first-order chi connectivity index (χ1) is 10.8. The second kappa shape index (κ2) is 7.87. The molecule has 0 unspecified atom stereocenters. The summed E-state index contributed by atoms with van der Waals surface area (Å²) in [5, 5.41) is 4.02. The molecule has 0 N–H and O–H groups in total. The van der Waals surface area contributed by atoms with E-state index in [2.05, 4.69) is 14.5 Å². The van der Waals surface area contributed by atoms with E-state index in [-0.39, 0.29) is 0 Å². The Balaban J connectivity index is 1.24. The number of halogens is 1. The molecule has 1 aromatic carbocycles. The molecule has 1 saturated heterocycles. The standard InChI is InChI=1S/C15H18ClN3O2S/c16-15-14(17-18-22-15)11-19-9-13(10-19)21-8-4-7-20-12-5-2-1-3-6-12/h1-3,5-6,13H,4,7-11H2. The van der Waals surface area contributed by atoms with E-state index in [1.54, 1.807) is 0 Å². The van der Waals surface area contributed by atoms with Gasteiger partial charge in [-0.25, -0.2) is 0 Å². The highest BCUT2D eigenvalue weighted by Gasteiger charge is 2.28. The molecule has 1 aliphatic heterocycles. The molecule has 1 fully saturated rings. The van der Waals surface area contributed by atoms with Crippen molar-refractivity contribution in [2.45, 2.75) is 19.1 Å². The molecule has 0 saturated carbocycles. The Bertz CT molecular complexity index is 575. The molecule has 0 spiro atoms. The third kappa shape index (κ3) is 4.39. The van der Waals surface area contributed by atoms with E-state index in [4.69, 9.17) is 21.1 Å². The quantitative estimate of drug-likeness (QED) is 0.692. The Morgan fingerprint density at radius 2 is 2.05 bits per heavy atom. The summed E-state index contributed by atoms with van der Waals surface area (Å²) in [6.45, 7) is 4.01. The number of nitrogens with zero attached hydrogens (tertiary/aromatic N) is 3. The molecule has 0 aliphatic carbocycles. The Kier molecular flexibility index (Phi) is 5.61. The zero-order chi connectivity index (χ0) is 15.2. The average molecular weight is 340 g/mol. The lowest BCUT2D eigenvalue weighted by Crippen LogP contribution is -2.51. The van der Waals surface area contributed by atoms with Gasteiger partial charge in [0.25, 0.3) is 0 Å². The summed E-state index contributed by atoms with van der Waals surface area (Å²) >= 11 is 7.22. The van der Waals surface area contributed by atoms with Crippen LogP contribution < -0.4 is 4.74 Å². The molecule has 0 atom stereocenters. The van der Waals surface area contributed by atoms with Gasteiger partial charge < -0.3 is 9.47 Å². The highest BCUT2D eigenvalue weighted by molar-refractivity contribution is 7.10. The largest absolute Gasteiger partial charge is 0.494 e. The third-order valence-corrected chi connectivity index (χ3v) is 4.44. The molecule has 0 radical (unpaired) electrons. The van der Waals surface area contributed by atoms with Gasteiger partial charge in [-0.1, -0.05) is 34.3 Å². The van der Waals surface area contributed by atoms with Crippen molar-refractivity contribution in [2.24, 2.45) is 0 Å². The van der Waals surface area contributed by atoms with Gasteiger partial charge in [-0.3, -0.25) is 4.90 Å². The van der Waals surface area contributed by atoms with Crippen LogP contribution in [0.2, 0.25) is 4.34 Å². The van der Waals surface area contributed by atoms with E-state index in [1.165, 1.54) is 11.5 Å². The first-order valence-electron chi connectivity index (χ1n) is 7.30. The smallest absolute Gasteiger partial charge is 0.138 e. The minimum absolute atomic E-state index is 0.307. The molecule has 7 heteroatoms. The van der Waals surface area contributed by atoms with E-state index in [0.29, 0.717) is 17.0 Å². The number of rotatable bonds is 8. The van der Waals surface area contributed by atoms with Crippen LogP contribution in [0.5, 0.6) is 5.75 Å². The lowest BCUT2D eigenvalue weighted by molar-refractivity contribution is -0.0604. The van der Waals surface area contributed by atoms with E-state index < -0.39 is 0 Å². The van der Waals surface area contributed by atoms with Crippen LogP contribution in [0.15, 0.2) is 30.3 Å². The average Bonchev–Trinajstić information content (AvgIpc) is 2.90. The van der Waals surface area contributed by atoms with Crippen molar-refractivity contribution in [3.63, 3.8) is 0 Å². The number of benzene rings is 1. The fraction of sp³-hybridized carbons (Fsp3) is 0.467. The van der Waals surface area contributed by atoms with Gasteiger partial charge >= 0.3 is 0 Å². The number of ether oxygens (including phenoxy) is 2. The summed E-state index contributed by atoms with van der Waals surface area (Å²) in [6, 6.07) is 9.84. The van der Waals surface area contributed by atoms with Gasteiger partial charge in [-0.05, 0) is 12.1 Å². The first kappa shape index (κ1) is 15.7. The van der Waals surface area contributed by atoms with E-state index >= 15 is 0 Å². The molecule has 0 bridgehead atoms. The summed E-state index contributed by atoms with van der Waals surface area (Å²) in [5.74, 6) is 0.908. The molecule has 2 heterocycles. The fourth-order valence-electron chi connectivity index (χ4n) is 2.28. The normalized spacial score (nSPS) is 15.7. The minimum atomic E-state index is 0.307. The Labute approximate surface area is 139 Å². The Morgan fingerprint density at radius 3 is 2.77 bits per heavy atom. The van der Waals surface area contributed by atoms with E-state index in [1.807, 2.05) is 30.3 Å². The maximum atomic E-state index is 5.99. The zero-order valence-electron chi connectivity index (χ0n) is 12.2. The van der Waals surface area contributed by atoms with Crippen LogP contribution in [0.3, 0.4) is 0 Å². The van der Waals surface area contributed by atoms with Crippen LogP contribution in [-0.4, -0.2) is 46.9 Å². The van der Waals surface area contributed by atoms with Crippen LogP contribution in [0, 0.1) is 0 Å². The monoisotopic (exact) mass is 339 g/mol. The lowest BCUT2D eigenvalue weighted by atomic mass is 10.1. The van der Waals surface area contributed by atoms with Gasteiger partial charge in [0.1, 0.15) is 15.8 Å². The van der Waals surface area contributed by atoms with Gasteiger partial charge in [-0.2, -0.15) is 0 Å². The minimum Gasteiger partial charge on any atom is -0.494 e. The maximum Gasteiger partial charge on any atom is 0.138 e. The highest BCUT2D eigenvalue weighted by Crippen LogP contribution is 2.22. The molecule has 1 aliphatic rings. The summed E-state index contributed by atoms with van der Waals surface area (Å²) in [5.41, 5.74) is 0.862. The van der Waals surface area contributed by atoms with Gasteiger partial charge in [0.15, 0.2) is 0 Å². The first-order valence-corrected chi connectivity index (χ1v) is 8.45. The van der Waals surface area contributed by atoms with Crippen molar-refractivity contribution in [2.75, 3.05) is 26.3 Å². The predicted octanol–water partition coefficient (Wildman–Crippen LogP) is 2.86. The Hall–Kier alpha value is -1.21. The lowest BCUT2D eigenvalue weighted by Gasteiger charge is -2.38. The van der Waals surface area contributed by atoms with Crippen molar-refractivity contribution in [3.05, 3.63) is 40.4 Å². The molecule has 2 aromatic rings. The van der Waals surface area contributed by atoms with Crippen LogP contribution >= 0.6 is 23.1 Å². The molecule has 3 rings (SSSR count). The zero-order valence-corrected chi connectivity index (χ0v) is 13.7. The maximum absolute atomic E-state index is 5.99. The number of likely N-dealkylation sites (tertiary alicyclic amines) is 1. The number of aromatic nitrogens is 2. The van der Waals surface area contributed by atoms with E-state index in [0.717, 1.165) is 44.1 Å². The van der Waals surface area contributed by atoms with Gasteiger partial charge in [0.05, 0.1) is 19.3 Å². The van der Waals surface area contributed by atoms with Crippen LogP contribution in [0.4, 0.5) is 0 Å². The van der Waals surface area contributed by atoms with Crippen LogP contribution in [0.25, 0.3) is 0 Å². The molecular weight excluding hydrogens is 322 g/mol. The van der Waals surface area contributed by atoms with Crippen molar-refractivity contribution in [1.29, 1.82) is 0 Å². The van der Waals surface area contributed by atoms with Gasteiger partial charge in [-0.15, -0.1) is 5.10 Å². The van der Waals surface area contributed by atoms with Crippen LogP contribution in [-0.2, 0) is 11.3 Å². The van der Waals surface area contributed by atoms with E-state index in [9.17, 15) is 0 Å². The SMILES string of the molecule is Clc1snnc1CN1CC(OCCCOc2ccccc2)C1. The predicted molar refractivity (Wildman–Crippen MR) is 86.5 cm³/mol. The second-order valence-corrected chi connectivity index (χ2v) is 6.55. The summed E-state index contributed by atoms with van der Waals surface area (Å²) < 4.78 is 16.0. The summed E-state index contributed by atoms with van der Waals surface area (Å²) in [6.07, 6.45) is 1.20. The molecule has 0 amide bonds. The van der Waals surface area contributed by atoms with Gasteiger partial charge in [0, 0.05) is 37.6 Å². The molecule has 118 valence electrons. The summed E-state index contributed by atoms with van der Waals surface area (Å²) in [4.78, 5) is 2.26. The van der Waals surface area contributed by atoms with Gasteiger partial charge in [0.2, 0.25) is 0 Å². The molecule has 1 aromatic heterocycles. The topological polar surface area (TPSA) is 47.5 Å². The van der Waals surface area contributed by atoms with Crippen LogP contribution in [0.1, 0.15) is 12.1 Å². The van der Waals surface area contributed by atoms with Crippen molar-refractivity contribution < 1.29 is 9.47 Å². The fourth-order valence-corrected chi connectivity index (χ4v) is 2.89. The molecule has 22 heavy (non-hydrogen) atoms. The number of hydrogen-bond donors (Lipinski definition) is 0. The third-order valence-electron chi connectivity index (χ3n) is 3.46. The molecule has 5 nitrogen and oxygen atoms in total. The number of hydrogen-bond acceptors (Lipinski definition) is 6. The van der Waals surface area contributed by atoms with Crippen molar-refractivity contribution in [3.8, 4) is 5.75 Å². The van der Waals surface area contributed by atoms with Crippen molar-refractivity contribution >= 4 is 23.1 Å². The Morgan fingerprint density at radius 1 is 1.23 bits per heavy atom. The molecular formula is C15H18ClN3O2S.